The van der Waals surface area contributed by atoms with Crippen LogP contribution in [-0.4, -0.2) is 10.9 Å². The third kappa shape index (κ3) is 2.11. The zero-order valence-electron chi connectivity index (χ0n) is 10.4. The number of hydrogen-bond donors (Lipinski definition) is 1. The van der Waals surface area contributed by atoms with Gasteiger partial charge in [0.05, 0.1) is 10.7 Å². The van der Waals surface area contributed by atoms with Crippen LogP contribution in [0.25, 0.3) is 11.3 Å². The lowest BCUT2D eigenvalue weighted by Gasteiger charge is -2.17. The average Bonchev–Trinajstić information content (AvgIpc) is 2.79. The molecule has 5 heteroatoms. The summed E-state index contributed by atoms with van der Waals surface area (Å²) in [6.45, 7) is 1.90. The predicted octanol–water partition coefficient (Wildman–Crippen LogP) is 2.87. The van der Waals surface area contributed by atoms with E-state index >= 15 is 0 Å². The Morgan fingerprint density at radius 2 is 2.26 bits per heavy atom. The third-order valence-electron chi connectivity index (χ3n) is 3.11. The third-order valence-corrected chi connectivity index (χ3v) is 3.99. The highest BCUT2D eigenvalue weighted by Crippen LogP contribution is 2.31. The van der Waals surface area contributed by atoms with Crippen molar-refractivity contribution in [1.82, 2.24) is 4.98 Å². The number of nitrogens with zero attached hydrogens (tertiary/aromatic N) is 2. The lowest BCUT2D eigenvalue weighted by molar-refractivity contribution is -0.116. The number of hydrogen-bond acceptors (Lipinski definition) is 4. The van der Waals surface area contributed by atoms with E-state index < -0.39 is 0 Å². The SMILES string of the molecule is Cc1nc(-c2ccc3c(c2)CCC(=O)N3)c(C#N)s1. The van der Waals surface area contributed by atoms with Gasteiger partial charge in [-0.15, -0.1) is 11.3 Å². The Kier molecular flexibility index (Phi) is 2.80. The van der Waals surface area contributed by atoms with Gasteiger partial charge in [0, 0.05) is 17.7 Å². The molecule has 2 aromatic rings. The Labute approximate surface area is 114 Å². The van der Waals surface area contributed by atoms with Gasteiger partial charge in [-0.2, -0.15) is 5.26 Å². The van der Waals surface area contributed by atoms with Gasteiger partial charge in [-0.1, -0.05) is 6.07 Å². The second-order valence-corrected chi connectivity index (χ2v) is 5.65. The number of aryl methyl sites for hydroxylation is 2. The highest BCUT2D eigenvalue weighted by Gasteiger charge is 2.17. The molecule has 19 heavy (non-hydrogen) atoms. The molecule has 1 amide bonds. The molecule has 1 aromatic heterocycles. The van der Waals surface area contributed by atoms with Crippen molar-refractivity contribution in [2.24, 2.45) is 0 Å². The lowest BCUT2D eigenvalue weighted by atomic mass is 9.99. The number of nitrogens with one attached hydrogen (secondary N) is 1. The van der Waals surface area contributed by atoms with Crippen molar-refractivity contribution in [2.45, 2.75) is 19.8 Å². The summed E-state index contributed by atoms with van der Waals surface area (Å²) >= 11 is 1.41. The van der Waals surface area contributed by atoms with Gasteiger partial charge in [0.1, 0.15) is 10.9 Å². The summed E-state index contributed by atoms with van der Waals surface area (Å²) in [4.78, 5) is 16.4. The Hall–Kier alpha value is -2.19. The second-order valence-electron chi connectivity index (χ2n) is 4.44. The topological polar surface area (TPSA) is 65.8 Å². The first-order valence-electron chi connectivity index (χ1n) is 5.98. The van der Waals surface area contributed by atoms with Gasteiger partial charge < -0.3 is 5.32 Å². The fraction of sp³-hybridized carbons (Fsp3) is 0.214. The molecular weight excluding hydrogens is 258 g/mol. The molecule has 0 unspecified atom stereocenters. The van der Waals surface area contributed by atoms with Gasteiger partial charge in [0.2, 0.25) is 5.91 Å². The molecule has 0 atom stereocenters. The van der Waals surface area contributed by atoms with Crippen molar-refractivity contribution in [3.8, 4) is 17.3 Å². The molecule has 0 saturated heterocycles. The molecule has 0 radical (unpaired) electrons. The van der Waals surface area contributed by atoms with E-state index in [-0.39, 0.29) is 5.91 Å². The summed E-state index contributed by atoms with van der Waals surface area (Å²) in [5.41, 5.74) is 3.65. The molecule has 0 bridgehead atoms. The lowest BCUT2D eigenvalue weighted by Crippen LogP contribution is -2.18. The zero-order valence-corrected chi connectivity index (χ0v) is 11.2. The number of benzene rings is 1. The molecule has 1 aliphatic rings. The van der Waals surface area contributed by atoms with Gasteiger partial charge in [0.25, 0.3) is 0 Å². The average molecular weight is 269 g/mol. The largest absolute Gasteiger partial charge is 0.326 e. The Bertz CT molecular complexity index is 712. The molecule has 2 heterocycles. The van der Waals surface area contributed by atoms with Gasteiger partial charge in [-0.05, 0) is 31.0 Å². The summed E-state index contributed by atoms with van der Waals surface area (Å²) in [5, 5.41) is 12.9. The molecule has 4 nitrogen and oxygen atoms in total. The monoisotopic (exact) mass is 269 g/mol. The zero-order chi connectivity index (χ0) is 13.4. The minimum Gasteiger partial charge on any atom is -0.326 e. The number of carbonyl (C=O) groups is 1. The molecule has 0 spiro atoms. The van der Waals surface area contributed by atoms with Crippen LogP contribution in [0.3, 0.4) is 0 Å². The Morgan fingerprint density at radius 3 is 3.05 bits per heavy atom. The van der Waals surface area contributed by atoms with E-state index in [1.54, 1.807) is 0 Å². The summed E-state index contributed by atoms with van der Waals surface area (Å²) in [6.07, 6.45) is 1.25. The first kappa shape index (κ1) is 11.9. The molecule has 3 rings (SSSR count). The fourth-order valence-electron chi connectivity index (χ4n) is 2.23. The van der Waals surface area contributed by atoms with E-state index in [0.717, 1.165) is 33.9 Å². The number of rotatable bonds is 1. The van der Waals surface area contributed by atoms with Crippen molar-refractivity contribution >= 4 is 22.9 Å². The number of amides is 1. The van der Waals surface area contributed by atoms with Crippen molar-refractivity contribution in [3.63, 3.8) is 0 Å². The minimum absolute atomic E-state index is 0.0578. The summed E-state index contributed by atoms with van der Waals surface area (Å²) in [6, 6.07) is 8.00. The molecule has 1 aliphatic heterocycles. The molecule has 1 aromatic carbocycles. The van der Waals surface area contributed by atoms with E-state index in [0.29, 0.717) is 11.3 Å². The fourth-order valence-corrected chi connectivity index (χ4v) is 2.97. The van der Waals surface area contributed by atoms with Crippen LogP contribution >= 0.6 is 11.3 Å². The number of carbonyl (C=O) groups excluding carboxylic acids is 1. The normalized spacial score (nSPS) is 13.6. The van der Waals surface area contributed by atoms with E-state index in [1.165, 1.54) is 11.3 Å². The van der Waals surface area contributed by atoms with Crippen molar-refractivity contribution in [2.75, 3.05) is 5.32 Å². The highest BCUT2D eigenvalue weighted by molar-refractivity contribution is 7.12. The van der Waals surface area contributed by atoms with Crippen LogP contribution in [0.5, 0.6) is 0 Å². The summed E-state index contributed by atoms with van der Waals surface area (Å²) in [5.74, 6) is 0.0578. The quantitative estimate of drug-likeness (QED) is 0.865. The number of aromatic nitrogens is 1. The van der Waals surface area contributed by atoms with Crippen molar-refractivity contribution < 1.29 is 4.79 Å². The van der Waals surface area contributed by atoms with Gasteiger partial charge in [0.15, 0.2) is 0 Å². The molecular formula is C14H11N3OS. The van der Waals surface area contributed by atoms with Gasteiger partial charge >= 0.3 is 0 Å². The van der Waals surface area contributed by atoms with Gasteiger partial charge in [-0.25, -0.2) is 4.98 Å². The first-order valence-corrected chi connectivity index (χ1v) is 6.79. The van der Waals surface area contributed by atoms with Crippen LogP contribution in [0.2, 0.25) is 0 Å². The van der Waals surface area contributed by atoms with Crippen LogP contribution in [0.1, 0.15) is 21.9 Å². The maximum Gasteiger partial charge on any atom is 0.224 e. The van der Waals surface area contributed by atoms with Crippen LogP contribution < -0.4 is 5.32 Å². The van der Waals surface area contributed by atoms with Gasteiger partial charge in [-0.3, -0.25) is 4.79 Å². The maximum absolute atomic E-state index is 11.3. The molecule has 94 valence electrons. The smallest absolute Gasteiger partial charge is 0.224 e. The van der Waals surface area contributed by atoms with Crippen LogP contribution in [0, 0.1) is 18.3 Å². The Balaban J connectivity index is 2.07. The van der Waals surface area contributed by atoms with Crippen molar-refractivity contribution in [1.29, 1.82) is 5.26 Å². The molecule has 0 fully saturated rings. The minimum atomic E-state index is 0.0578. The first-order chi connectivity index (χ1) is 9.17. The van der Waals surface area contributed by atoms with Crippen molar-refractivity contribution in [3.05, 3.63) is 33.6 Å². The number of nitriles is 1. The van der Waals surface area contributed by atoms with Crippen LogP contribution in [0.15, 0.2) is 18.2 Å². The predicted molar refractivity (Wildman–Crippen MR) is 74.0 cm³/mol. The van der Waals surface area contributed by atoms with Crippen LogP contribution in [-0.2, 0) is 11.2 Å². The maximum atomic E-state index is 11.3. The Morgan fingerprint density at radius 1 is 1.42 bits per heavy atom. The van der Waals surface area contributed by atoms with E-state index in [2.05, 4.69) is 16.4 Å². The standard InChI is InChI=1S/C14H11N3OS/c1-8-16-14(12(7-15)19-8)10-2-4-11-9(6-10)3-5-13(18)17-11/h2,4,6H,3,5H2,1H3,(H,17,18). The summed E-state index contributed by atoms with van der Waals surface area (Å²) in [7, 11) is 0. The molecule has 0 aliphatic carbocycles. The second kappa shape index (κ2) is 4.48. The highest BCUT2D eigenvalue weighted by atomic mass is 32.1. The van der Waals surface area contributed by atoms with E-state index in [1.807, 2.05) is 25.1 Å². The summed E-state index contributed by atoms with van der Waals surface area (Å²) < 4.78 is 0. The van der Waals surface area contributed by atoms with E-state index in [9.17, 15) is 4.79 Å². The number of anilines is 1. The number of fused-ring (bicyclic) bond motifs is 1. The molecule has 0 saturated carbocycles. The van der Waals surface area contributed by atoms with E-state index in [4.69, 9.17) is 5.26 Å². The van der Waals surface area contributed by atoms with Crippen LogP contribution in [0.4, 0.5) is 5.69 Å². The number of thiazole rings is 1. The molecule has 1 N–H and O–H groups in total.